The van der Waals surface area contributed by atoms with Gasteiger partial charge in [-0.05, 0) is 35.9 Å². The summed E-state index contributed by atoms with van der Waals surface area (Å²) in [6, 6.07) is 12.0. The van der Waals surface area contributed by atoms with Crippen LogP contribution < -0.4 is 5.32 Å². The van der Waals surface area contributed by atoms with Gasteiger partial charge in [0.2, 0.25) is 0 Å². The number of halogens is 2. The molecule has 0 radical (unpaired) electrons. The van der Waals surface area contributed by atoms with Gasteiger partial charge >= 0.3 is 0 Å². The van der Waals surface area contributed by atoms with E-state index in [1.807, 2.05) is 0 Å². The lowest BCUT2D eigenvalue weighted by Gasteiger charge is -2.09. The molecule has 2 aromatic carbocycles. The largest absolute Gasteiger partial charge is 0.506 e. The lowest BCUT2D eigenvalue weighted by Crippen LogP contribution is -2.00. The molecule has 19 heavy (non-hydrogen) atoms. The molecule has 0 fully saturated rings. The topological polar surface area (TPSA) is 56.0 Å². The molecular formula is C14H10Cl2N2O. The van der Waals surface area contributed by atoms with Gasteiger partial charge in [-0.25, -0.2) is 0 Å². The molecule has 2 rings (SSSR count). The van der Waals surface area contributed by atoms with E-state index in [-0.39, 0.29) is 5.75 Å². The smallest absolute Gasteiger partial charge is 0.134 e. The van der Waals surface area contributed by atoms with E-state index in [9.17, 15) is 5.11 Å². The summed E-state index contributed by atoms with van der Waals surface area (Å²) in [5.41, 5.74) is 2.13. The first-order valence-corrected chi connectivity index (χ1v) is 6.26. The summed E-state index contributed by atoms with van der Waals surface area (Å²) in [5.74, 6) is 0.0509. The molecule has 0 aromatic heterocycles. The minimum absolute atomic E-state index is 0.0509. The molecule has 0 saturated carbocycles. The summed E-state index contributed by atoms with van der Waals surface area (Å²) in [5, 5.41) is 22.1. The number of hydrogen-bond donors (Lipinski definition) is 2. The Morgan fingerprint density at radius 3 is 2.58 bits per heavy atom. The highest BCUT2D eigenvalue weighted by atomic mass is 35.5. The van der Waals surface area contributed by atoms with Crippen molar-refractivity contribution in [2.75, 3.05) is 5.32 Å². The second kappa shape index (κ2) is 5.83. The van der Waals surface area contributed by atoms with Crippen LogP contribution in [0.25, 0.3) is 0 Å². The monoisotopic (exact) mass is 292 g/mol. The molecule has 0 unspecified atom stereocenters. The van der Waals surface area contributed by atoms with Crippen molar-refractivity contribution in [1.82, 2.24) is 0 Å². The van der Waals surface area contributed by atoms with Crippen LogP contribution in [-0.2, 0) is 6.54 Å². The molecule has 0 aliphatic carbocycles. The molecule has 0 aliphatic heterocycles. The lowest BCUT2D eigenvalue weighted by molar-refractivity contribution is 0.475. The first-order chi connectivity index (χ1) is 9.10. The van der Waals surface area contributed by atoms with Crippen LogP contribution in [0.1, 0.15) is 11.1 Å². The van der Waals surface area contributed by atoms with E-state index < -0.39 is 0 Å². The highest BCUT2D eigenvalue weighted by Crippen LogP contribution is 2.26. The average molecular weight is 293 g/mol. The van der Waals surface area contributed by atoms with Gasteiger partial charge in [0.15, 0.2) is 0 Å². The summed E-state index contributed by atoms with van der Waals surface area (Å²) < 4.78 is 0. The van der Waals surface area contributed by atoms with Crippen molar-refractivity contribution in [2.24, 2.45) is 0 Å². The van der Waals surface area contributed by atoms with E-state index in [0.29, 0.717) is 27.8 Å². The maximum atomic E-state index is 9.33. The van der Waals surface area contributed by atoms with Gasteiger partial charge in [-0.3, -0.25) is 0 Å². The Morgan fingerprint density at radius 1 is 1.11 bits per heavy atom. The predicted molar refractivity (Wildman–Crippen MR) is 76.6 cm³/mol. The van der Waals surface area contributed by atoms with Crippen LogP contribution >= 0.6 is 23.2 Å². The fourth-order valence-electron chi connectivity index (χ4n) is 1.59. The second-order valence-electron chi connectivity index (χ2n) is 3.95. The molecule has 2 N–H and O–H groups in total. The van der Waals surface area contributed by atoms with E-state index in [4.69, 9.17) is 28.5 Å². The van der Waals surface area contributed by atoms with Gasteiger partial charge < -0.3 is 10.4 Å². The Labute approximate surface area is 121 Å². The van der Waals surface area contributed by atoms with Crippen LogP contribution in [-0.4, -0.2) is 5.11 Å². The van der Waals surface area contributed by atoms with Crippen molar-refractivity contribution in [3.63, 3.8) is 0 Å². The number of rotatable bonds is 3. The number of anilines is 1. The fourth-order valence-corrected chi connectivity index (χ4v) is 1.98. The Balaban J connectivity index is 2.14. The molecule has 0 bridgehead atoms. The van der Waals surface area contributed by atoms with E-state index in [1.54, 1.807) is 30.3 Å². The van der Waals surface area contributed by atoms with E-state index in [2.05, 4.69) is 11.4 Å². The third-order valence-corrected chi connectivity index (χ3v) is 3.22. The average Bonchev–Trinajstić information content (AvgIpc) is 2.41. The van der Waals surface area contributed by atoms with Gasteiger partial charge in [-0.2, -0.15) is 5.26 Å². The Bertz CT molecular complexity index is 650. The number of aromatic hydroxyl groups is 1. The summed E-state index contributed by atoms with van der Waals surface area (Å²) in [6.07, 6.45) is 0. The number of hydrogen-bond acceptors (Lipinski definition) is 3. The third kappa shape index (κ3) is 3.31. The van der Waals surface area contributed by atoms with E-state index in [0.717, 1.165) is 5.56 Å². The van der Waals surface area contributed by atoms with Crippen molar-refractivity contribution in [3.8, 4) is 11.8 Å². The van der Waals surface area contributed by atoms with Crippen molar-refractivity contribution < 1.29 is 5.11 Å². The van der Waals surface area contributed by atoms with Crippen LogP contribution in [0.3, 0.4) is 0 Å². The zero-order chi connectivity index (χ0) is 13.8. The van der Waals surface area contributed by atoms with Gasteiger partial charge in [-0.15, -0.1) is 0 Å². The summed E-state index contributed by atoms with van der Waals surface area (Å²) in [4.78, 5) is 0. The van der Waals surface area contributed by atoms with Crippen molar-refractivity contribution in [2.45, 2.75) is 6.54 Å². The number of phenols is 1. The molecule has 96 valence electrons. The van der Waals surface area contributed by atoms with Crippen LogP contribution in [0, 0.1) is 11.3 Å². The minimum atomic E-state index is 0.0509. The zero-order valence-corrected chi connectivity index (χ0v) is 11.3. The van der Waals surface area contributed by atoms with Crippen molar-refractivity contribution in [3.05, 3.63) is 57.6 Å². The molecule has 0 spiro atoms. The highest BCUT2D eigenvalue weighted by molar-refractivity contribution is 6.33. The number of nitrogens with zero attached hydrogens (tertiary/aromatic N) is 1. The Morgan fingerprint density at radius 2 is 1.89 bits per heavy atom. The summed E-state index contributed by atoms with van der Waals surface area (Å²) in [7, 11) is 0. The van der Waals surface area contributed by atoms with Gasteiger partial charge in [0.25, 0.3) is 0 Å². The minimum Gasteiger partial charge on any atom is -0.506 e. The lowest BCUT2D eigenvalue weighted by atomic mass is 10.2. The molecule has 0 saturated heterocycles. The zero-order valence-electron chi connectivity index (χ0n) is 9.82. The third-order valence-electron chi connectivity index (χ3n) is 2.59. The molecule has 0 atom stereocenters. The van der Waals surface area contributed by atoms with Gasteiger partial charge in [0, 0.05) is 6.54 Å². The standard InChI is InChI=1S/C14H10Cl2N2O/c15-11-3-1-9(7-17)6-13(11)18-8-10-2-4-14(19)12(16)5-10/h1-6,18-19H,8H2. The Kier molecular flexibility index (Phi) is 4.16. The molecule has 5 heteroatoms. The fraction of sp³-hybridized carbons (Fsp3) is 0.0714. The summed E-state index contributed by atoms with van der Waals surface area (Å²) >= 11 is 11.9. The number of benzene rings is 2. The number of phenolic OH excluding ortho intramolecular Hbond substituents is 1. The van der Waals surface area contributed by atoms with Crippen LogP contribution in [0.4, 0.5) is 5.69 Å². The van der Waals surface area contributed by atoms with Gasteiger partial charge in [0.05, 0.1) is 27.4 Å². The molecule has 3 nitrogen and oxygen atoms in total. The molecule has 0 heterocycles. The second-order valence-corrected chi connectivity index (χ2v) is 4.76. The van der Waals surface area contributed by atoms with Crippen LogP contribution in [0.5, 0.6) is 5.75 Å². The predicted octanol–water partition coefficient (Wildman–Crippen LogP) is 4.18. The van der Waals surface area contributed by atoms with E-state index in [1.165, 1.54) is 6.07 Å². The molecular weight excluding hydrogens is 283 g/mol. The van der Waals surface area contributed by atoms with Gasteiger partial charge in [0.1, 0.15) is 5.75 Å². The highest BCUT2D eigenvalue weighted by Gasteiger charge is 2.03. The normalized spacial score (nSPS) is 9.95. The SMILES string of the molecule is N#Cc1ccc(Cl)c(NCc2ccc(O)c(Cl)c2)c1. The van der Waals surface area contributed by atoms with Crippen LogP contribution in [0.15, 0.2) is 36.4 Å². The number of nitrogens with one attached hydrogen (secondary N) is 1. The first-order valence-electron chi connectivity index (χ1n) is 5.51. The van der Waals surface area contributed by atoms with Crippen LogP contribution in [0.2, 0.25) is 10.0 Å². The number of nitriles is 1. The quantitative estimate of drug-likeness (QED) is 0.892. The summed E-state index contributed by atoms with van der Waals surface area (Å²) in [6.45, 7) is 0.495. The first kappa shape index (κ1) is 13.5. The van der Waals surface area contributed by atoms with E-state index >= 15 is 0 Å². The Hall–Kier alpha value is -1.89. The maximum absolute atomic E-state index is 9.33. The van der Waals surface area contributed by atoms with Crippen molar-refractivity contribution in [1.29, 1.82) is 5.26 Å². The molecule has 2 aromatic rings. The van der Waals surface area contributed by atoms with Crippen molar-refractivity contribution >= 4 is 28.9 Å². The molecule has 0 aliphatic rings. The maximum Gasteiger partial charge on any atom is 0.134 e. The van der Waals surface area contributed by atoms with Gasteiger partial charge in [-0.1, -0.05) is 29.3 Å². The molecule has 0 amide bonds.